The summed E-state index contributed by atoms with van der Waals surface area (Å²) in [4.78, 5) is 22.0. The van der Waals surface area contributed by atoms with E-state index in [1.807, 2.05) is 18.2 Å². The summed E-state index contributed by atoms with van der Waals surface area (Å²) in [5.41, 5.74) is 0.967. The van der Waals surface area contributed by atoms with Gasteiger partial charge in [-0.3, -0.25) is 14.2 Å². The normalized spacial score (nSPS) is 23.2. The number of aromatic nitrogens is 2. The maximum atomic E-state index is 12.9. The molecule has 7 nitrogen and oxygen atoms in total. The monoisotopic (exact) mass is 356 g/mol. The first-order valence-corrected chi connectivity index (χ1v) is 9.29. The van der Waals surface area contributed by atoms with E-state index in [0.29, 0.717) is 30.1 Å². The van der Waals surface area contributed by atoms with Crippen molar-refractivity contribution in [1.29, 1.82) is 0 Å². The molecule has 2 aliphatic rings. The van der Waals surface area contributed by atoms with Crippen LogP contribution in [0.25, 0.3) is 5.65 Å². The van der Waals surface area contributed by atoms with Crippen molar-refractivity contribution in [2.75, 3.05) is 31.6 Å². The van der Waals surface area contributed by atoms with Crippen LogP contribution in [0.5, 0.6) is 0 Å². The molecule has 2 saturated heterocycles. The number of nitrogens with one attached hydrogen (secondary N) is 1. The number of rotatable bonds is 6. The standard InChI is InChI=1S/C19H24N4O3/c24-19-16(13-20-11-14-5-3-9-25-14)18(21-12-15-6-4-10-26-15)22-17-7-1-2-8-23(17)19/h1-2,7-8,13-15,21H,3-6,9-12H2/t14-,15-/m0/s1. The van der Waals surface area contributed by atoms with Crippen LogP contribution in [0.3, 0.4) is 0 Å². The quantitative estimate of drug-likeness (QED) is 0.800. The lowest BCUT2D eigenvalue weighted by molar-refractivity contribution is 0.118. The van der Waals surface area contributed by atoms with Crippen LogP contribution in [0.4, 0.5) is 5.82 Å². The highest BCUT2D eigenvalue weighted by Gasteiger charge is 2.18. The van der Waals surface area contributed by atoms with Crippen molar-refractivity contribution >= 4 is 17.7 Å². The first-order valence-electron chi connectivity index (χ1n) is 9.29. The van der Waals surface area contributed by atoms with Crippen LogP contribution in [0.15, 0.2) is 34.2 Å². The zero-order valence-corrected chi connectivity index (χ0v) is 14.8. The molecule has 0 aromatic carbocycles. The summed E-state index contributed by atoms with van der Waals surface area (Å²) in [5, 5.41) is 3.29. The van der Waals surface area contributed by atoms with Gasteiger partial charge in [0.1, 0.15) is 17.0 Å². The molecule has 2 atom stereocenters. The fourth-order valence-corrected chi connectivity index (χ4v) is 3.42. The van der Waals surface area contributed by atoms with Gasteiger partial charge in [0.2, 0.25) is 0 Å². The molecule has 2 fully saturated rings. The molecule has 26 heavy (non-hydrogen) atoms. The van der Waals surface area contributed by atoms with E-state index in [2.05, 4.69) is 15.3 Å². The molecule has 138 valence electrons. The molecule has 4 heterocycles. The molecule has 0 spiro atoms. The van der Waals surface area contributed by atoms with E-state index in [9.17, 15) is 4.79 Å². The molecule has 1 N–H and O–H groups in total. The van der Waals surface area contributed by atoms with E-state index in [1.165, 1.54) is 0 Å². The first kappa shape index (κ1) is 17.2. The highest BCUT2D eigenvalue weighted by atomic mass is 16.5. The van der Waals surface area contributed by atoms with Gasteiger partial charge in [0, 0.05) is 32.2 Å². The molecule has 2 aliphatic heterocycles. The third-order valence-corrected chi connectivity index (χ3v) is 4.84. The van der Waals surface area contributed by atoms with Crippen LogP contribution in [-0.4, -0.2) is 54.1 Å². The Morgan fingerprint density at radius 2 is 2.04 bits per heavy atom. The van der Waals surface area contributed by atoms with Crippen molar-refractivity contribution in [2.24, 2.45) is 4.99 Å². The van der Waals surface area contributed by atoms with E-state index in [-0.39, 0.29) is 17.8 Å². The predicted octanol–water partition coefficient (Wildman–Crippen LogP) is 1.88. The van der Waals surface area contributed by atoms with Crippen LogP contribution >= 0.6 is 0 Å². The summed E-state index contributed by atoms with van der Waals surface area (Å²) in [6.45, 7) is 2.81. The second-order valence-electron chi connectivity index (χ2n) is 6.75. The Morgan fingerprint density at radius 3 is 2.81 bits per heavy atom. The fourth-order valence-electron chi connectivity index (χ4n) is 3.42. The fraction of sp³-hybridized carbons (Fsp3) is 0.526. The van der Waals surface area contributed by atoms with Gasteiger partial charge in [0.05, 0.1) is 18.8 Å². The molecule has 2 aromatic rings. The second-order valence-corrected chi connectivity index (χ2v) is 6.75. The Bertz CT molecular complexity index is 836. The largest absolute Gasteiger partial charge is 0.376 e. The molecule has 0 radical (unpaired) electrons. The minimum atomic E-state index is -0.124. The summed E-state index contributed by atoms with van der Waals surface area (Å²) in [5.74, 6) is 0.563. The number of hydrogen-bond donors (Lipinski definition) is 1. The molecule has 0 bridgehead atoms. The predicted molar refractivity (Wildman–Crippen MR) is 100 cm³/mol. The topological polar surface area (TPSA) is 77.2 Å². The highest BCUT2D eigenvalue weighted by Crippen LogP contribution is 2.15. The van der Waals surface area contributed by atoms with Crippen LogP contribution in [0.2, 0.25) is 0 Å². The third-order valence-electron chi connectivity index (χ3n) is 4.84. The van der Waals surface area contributed by atoms with Crippen molar-refractivity contribution in [3.8, 4) is 0 Å². The average Bonchev–Trinajstić information content (AvgIpc) is 3.36. The Morgan fingerprint density at radius 1 is 1.23 bits per heavy atom. The highest BCUT2D eigenvalue weighted by molar-refractivity contribution is 5.86. The molecular formula is C19H24N4O3. The maximum absolute atomic E-state index is 12.9. The lowest BCUT2D eigenvalue weighted by atomic mass is 10.2. The Labute approximate surface area is 152 Å². The molecule has 0 unspecified atom stereocenters. The smallest absolute Gasteiger partial charge is 0.268 e. The SMILES string of the molecule is O=c1c(C=NC[C@@H]2CCCO2)c(NC[C@@H]2CCCO2)nc2ccccn12. The number of ether oxygens (including phenoxy) is 2. The summed E-state index contributed by atoms with van der Waals surface area (Å²) in [6, 6.07) is 5.52. The van der Waals surface area contributed by atoms with E-state index in [0.717, 1.165) is 38.9 Å². The average molecular weight is 356 g/mol. The number of anilines is 1. The minimum Gasteiger partial charge on any atom is -0.376 e. The van der Waals surface area contributed by atoms with Gasteiger partial charge in [-0.15, -0.1) is 0 Å². The summed E-state index contributed by atoms with van der Waals surface area (Å²) in [7, 11) is 0. The number of nitrogens with zero attached hydrogens (tertiary/aromatic N) is 3. The summed E-state index contributed by atoms with van der Waals surface area (Å²) >= 11 is 0. The molecule has 7 heteroatoms. The van der Waals surface area contributed by atoms with Crippen LogP contribution in [0.1, 0.15) is 31.2 Å². The van der Waals surface area contributed by atoms with Crippen LogP contribution in [0, 0.1) is 0 Å². The lowest BCUT2D eigenvalue weighted by Crippen LogP contribution is -2.25. The van der Waals surface area contributed by atoms with Crippen molar-refractivity contribution in [3.63, 3.8) is 0 Å². The van der Waals surface area contributed by atoms with Crippen LogP contribution in [-0.2, 0) is 9.47 Å². The maximum Gasteiger partial charge on any atom is 0.268 e. The number of fused-ring (bicyclic) bond motifs is 1. The zero-order valence-electron chi connectivity index (χ0n) is 14.8. The number of hydrogen-bond acceptors (Lipinski definition) is 6. The number of aliphatic imine (C=N–C) groups is 1. The van der Waals surface area contributed by atoms with Gasteiger partial charge < -0.3 is 14.8 Å². The van der Waals surface area contributed by atoms with Gasteiger partial charge in [-0.1, -0.05) is 6.07 Å². The Balaban J connectivity index is 1.60. The first-order chi connectivity index (χ1) is 12.8. The van der Waals surface area contributed by atoms with E-state index < -0.39 is 0 Å². The molecular weight excluding hydrogens is 332 g/mol. The van der Waals surface area contributed by atoms with Gasteiger partial charge in [-0.05, 0) is 37.8 Å². The van der Waals surface area contributed by atoms with Gasteiger partial charge in [-0.25, -0.2) is 4.98 Å². The Hall–Kier alpha value is -2.25. The molecule has 4 rings (SSSR count). The van der Waals surface area contributed by atoms with Crippen LogP contribution < -0.4 is 10.9 Å². The van der Waals surface area contributed by atoms with Gasteiger partial charge in [0.15, 0.2) is 0 Å². The summed E-state index contributed by atoms with van der Waals surface area (Å²) < 4.78 is 12.8. The molecule has 0 amide bonds. The zero-order chi connectivity index (χ0) is 17.8. The van der Waals surface area contributed by atoms with Gasteiger partial charge >= 0.3 is 0 Å². The lowest BCUT2D eigenvalue weighted by Gasteiger charge is -2.14. The molecule has 2 aromatic heterocycles. The van der Waals surface area contributed by atoms with Crippen molar-refractivity contribution < 1.29 is 9.47 Å². The minimum absolute atomic E-state index is 0.124. The second kappa shape index (κ2) is 7.97. The van der Waals surface area contributed by atoms with Gasteiger partial charge in [-0.2, -0.15) is 0 Å². The van der Waals surface area contributed by atoms with Crippen molar-refractivity contribution in [2.45, 2.75) is 37.9 Å². The van der Waals surface area contributed by atoms with E-state index in [1.54, 1.807) is 16.8 Å². The molecule has 0 aliphatic carbocycles. The van der Waals surface area contributed by atoms with Gasteiger partial charge in [0.25, 0.3) is 5.56 Å². The molecule has 0 saturated carbocycles. The number of pyridine rings is 1. The van der Waals surface area contributed by atoms with Crippen molar-refractivity contribution in [3.05, 3.63) is 40.3 Å². The van der Waals surface area contributed by atoms with E-state index in [4.69, 9.17) is 9.47 Å². The van der Waals surface area contributed by atoms with E-state index >= 15 is 0 Å². The Kier molecular flexibility index (Phi) is 5.26. The third kappa shape index (κ3) is 3.78. The summed E-state index contributed by atoms with van der Waals surface area (Å²) in [6.07, 6.45) is 7.90. The van der Waals surface area contributed by atoms with Crippen molar-refractivity contribution in [1.82, 2.24) is 9.38 Å².